The Morgan fingerprint density at radius 2 is 1.59 bits per heavy atom. The molecule has 1 heterocycles. The Kier molecular flexibility index (Phi) is 3.78. The number of H-pyrrole nitrogens is 1. The molecule has 0 spiro atoms. The van der Waals surface area contributed by atoms with Crippen LogP contribution in [-0.2, 0) is 0 Å². The number of carboxylic acid groups (broad SMARTS) is 1. The third-order valence-corrected chi connectivity index (χ3v) is 3.02. The molecule has 0 aliphatic carbocycles. The summed E-state index contributed by atoms with van der Waals surface area (Å²) in [6.45, 7) is 0. The summed E-state index contributed by atoms with van der Waals surface area (Å²) < 4.78 is 10.3. The molecule has 5 nitrogen and oxygen atoms in total. The molecule has 0 fully saturated rings. The molecule has 2 N–H and O–H groups in total. The standard InChI is InChI=1S/C17H13NO4/c19-17(20)22-16-10-13(11-18-16)12-6-8-15(9-7-12)21-14-4-2-1-3-5-14/h1-11,18H,(H,19,20). The number of carbonyl (C=O) groups is 1. The SMILES string of the molecule is O=C(O)Oc1cc(-c2ccc(Oc3ccccc3)cc2)c[nH]1. The van der Waals surface area contributed by atoms with Gasteiger partial charge in [0.15, 0.2) is 0 Å². The third-order valence-electron chi connectivity index (χ3n) is 3.02. The van der Waals surface area contributed by atoms with Crippen LogP contribution in [0.15, 0.2) is 66.9 Å². The highest BCUT2D eigenvalue weighted by Gasteiger charge is 2.06. The highest BCUT2D eigenvalue weighted by Crippen LogP contribution is 2.27. The highest BCUT2D eigenvalue weighted by molar-refractivity contribution is 5.67. The minimum Gasteiger partial charge on any atom is -0.457 e. The molecule has 0 aliphatic heterocycles. The van der Waals surface area contributed by atoms with E-state index >= 15 is 0 Å². The van der Waals surface area contributed by atoms with Gasteiger partial charge in [-0.3, -0.25) is 0 Å². The van der Waals surface area contributed by atoms with Gasteiger partial charge in [-0.25, -0.2) is 4.79 Å². The maximum absolute atomic E-state index is 10.5. The fourth-order valence-electron chi connectivity index (χ4n) is 2.03. The Bertz CT molecular complexity index is 763. The van der Waals surface area contributed by atoms with Crippen LogP contribution in [-0.4, -0.2) is 16.2 Å². The van der Waals surface area contributed by atoms with Gasteiger partial charge >= 0.3 is 6.16 Å². The highest BCUT2D eigenvalue weighted by atomic mass is 16.7. The lowest BCUT2D eigenvalue weighted by Gasteiger charge is -2.06. The van der Waals surface area contributed by atoms with Crippen molar-refractivity contribution in [3.05, 3.63) is 66.9 Å². The van der Waals surface area contributed by atoms with Crippen LogP contribution in [0.25, 0.3) is 11.1 Å². The molecule has 0 saturated heterocycles. The molecule has 0 saturated carbocycles. The van der Waals surface area contributed by atoms with Gasteiger partial charge in [-0.2, -0.15) is 0 Å². The average Bonchev–Trinajstić information content (AvgIpc) is 2.97. The number of hydrogen-bond donors (Lipinski definition) is 2. The predicted molar refractivity (Wildman–Crippen MR) is 81.4 cm³/mol. The van der Waals surface area contributed by atoms with Crippen LogP contribution >= 0.6 is 0 Å². The zero-order chi connectivity index (χ0) is 15.4. The second-order valence-corrected chi connectivity index (χ2v) is 4.56. The Morgan fingerprint density at radius 3 is 2.27 bits per heavy atom. The summed E-state index contributed by atoms with van der Waals surface area (Å²) in [7, 11) is 0. The van der Waals surface area contributed by atoms with E-state index in [0.29, 0.717) is 0 Å². The fraction of sp³-hybridized carbons (Fsp3) is 0. The first-order valence-corrected chi connectivity index (χ1v) is 6.63. The lowest BCUT2D eigenvalue weighted by atomic mass is 10.1. The smallest absolute Gasteiger partial charge is 0.457 e. The summed E-state index contributed by atoms with van der Waals surface area (Å²) in [6.07, 6.45) is 0.339. The first-order valence-electron chi connectivity index (χ1n) is 6.63. The monoisotopic (exact) mass is 295 g/mol. The lowest BCUT2D eigenvalue weighted by molar-refractivity contribution is 0.143. The lowest BCUT2D eigenvalue weighted by Crippen LogP contribution is -2.02. The average molecular weight is 295 g/mol. The van der Waals surface area contributed by atoms with Gasteiger partial charge in [-0.1, -0.05) is 30.3 Å². The molecule has 3 rings (SSSR count). The maximum Gasteiger partial charge on any atom is 0.512 e. The Hall–Kier alpha value is -3.21. The van der Waals surface area contributed by atoms with Gasteiger partial charge in [-0.15, -0.1) is 0 Å². The summed E-state index contributed by atoms with van der Waals surface area (Å²) in [6, 6.07) is 18.6. The van der Waals surface area contributed by atoms with E-state index in [0.717, 1.165) is 22.6 Å². The van der Waals surface area contributed by atoms with Gasteiger partial charge in [-0.05, 0) is 29.8 Å². The van der Waals surface area contributed by atoms with Gasteiger partial charge in [0.05, 0.1) is 0 Å². The normalized spacial score (nSPS) is 10.2. The molecule has 110 valence electrons. The number of hydrogen-bond acceptors (Lipinski definition) is 3. The first-order chi connectivity index (χ1) is 10.7. The fourth-order valence-corrected chi connectivity index (χ4v) is 2.03. The number of aromatic amines is 1. The van der Waals surface area contributed by atoms with E-state index in [1.54, 1.807) is 12.3 Å². The molecule has 0 unspecified atom stereocenters. The summed E-state index contributed by atoms with van der Waals surface area (Å²) in [5, 5.41) is 8.56. The quantitative estimate of drug-likeness (QED) is 0.694. The van der Waals surface area contributed by atoms with Gasteiger partial charge in [0.2, 0.25) is 5.88 Å². The van der Waals surface area contributed by atoms with Gasteiger partial charge in [0.1, 0.15) is 11.5 Å². The summed E-state index contributed by atoms with van der Waals surface area (Å²) >= 11 is 0. The van der Waals surface area contributed by atoms with E-state index in [1.165, 1.54) is 0 Å². The third kappa shape index (κ3) is 3.27. The first kappa shape index (κ1) is 13.8. The Morgan fingerprint density at radius 1 is 0.909 bits per heavy atom. The molecule has 0 amide bonds. The van der Waals surface area contributed by atoms with Gasteiger partial charge < -0.3 is 19.6 Å². The molecule has 0 aliphatic rings. The van der Waals surface area contributed by atoms with Crippen molar-refractivity contribution in [2.75, 3.05) is 0 Å². The van der Waals surface area contributed by atoms with Crippen molar-refractivity contribution in [3.8, 4) is 28.5 Å². The summed E-state index contributed by atoms with van der Waals surface area (Å²) in [5.74, 6) is 1.69. The van der Waals surface area contributed by atoms with E-state index in [1.807, 2.05) is 54.6 Å². The van der Waals surface area contributed by atoms with E-state index in [-0.39, 0.29) is 5.88 Å². The minimum absolute atomic E-state index is 0.187. The van der Waals surface area contributed by atoms with Crippen molar-refractivity contribution in [2.24, 2.45) is 0 Å². The molecule has 0 atom stereocenters. The molecule has 22 heavy (non-hydrogen) atoms. The van der Waals surface area contributed by atoms with Crippen LogP contribution in [0.5, 0.6) is 17.4 Å². The van der Waals surface area contributed by atoms with E-state index in [4.69, 9.17) is 9.84 Å². The van der Waals surface area contributed by atoms with Crippen molar-refractivity contribution in [3.63, 3.8) is 0 Å². The van der Waals surface area contributed by atoms with Crippen molar-refractivity contribution in [1.82, 2.24) is 4.98 Å². The van der Waals surface area contributed by atoms with Crippen LogP contribution < -0.4 is 9.47 Å². The minimum atomic E-state index is -1.35. The molecule has 2 aromatic carbocycles. The second kappa shape index (κ2) is 6.05. The summed E-state index contributed by atoms with van der Waals surface area (Å²) in [4.78, 5) is 13.2. The van der Waals surface area contributed by atoms with Crippen molar-refractivity contribution < 1.29 is 19.4 Å². The van der Waals surface area contributed by atoms with Gasteiger partial charge in [0, 0.05) is 17.8 Å². The second-order valence-electron chi connectivity index (χ2n) is 4.56. The number of nitrogens with one attached hydrogen (secondary N) is 1. The molecule has 1 aromatic heterocycles. The van der Waals surface area contributed by atoms with Crippen LogP contribution in [0, 0.1) is 0 Å². The molecular weight excluding hydrogens is 282 g/mol. The number of benzene rings is 2. The van der Waals surface area contributed by atoms with Crippen LogP contribution in [0.4, 0.5) is 4.79 Å². The zero-order valence-electron chi connectivity index (χ0n) is 11.5. The number of aromatic nitrogens is 1. The Balaban J connectivity index is 1.73. The van der Waals surface area contributed by atoms with Gasteiger partial charge in [0.25, 0.3) is 0 Å². The number of ether oxygens (including phenoxy) is 2. The Labute approximate surface area is 126 Å². The van der Waals surface area contributed by atoms with E-state index < -0.39 is 6.16 Å². The van der Waals surface area contributed by atoms with Crippen molar-refractivity contribution in [2.45, 2.75) is 0 Å². The van der Waals surface area contributed by atoms with Crippen LogP contribution in [0.3, 0.4) is 0 Å². The van der Waals surface area contributed by atoms with Crippen molar-refractivity contribution in [1.29, 1.82) is 0 Å². The van der Waals surface area contributed by atoms with Crippen LogP contribution in [0.2, 0.25) is 0 Å². The van der Waals surface area contributed by atoms with Crippen molar-refractivity contribution >= 4 is 6.16 Å². The zero-order valence-corrected chi connectivity index (χ0v) is 11.5. The molecule has 5 heteroatoms. The van der Waals surface area contributed by atoms with E-state index in [9.17, 15) is 4.79 Å². The summed E-state index contributed by atoms with van der Waals surface area (Å²) in [5.41, 5.74) is 1.76. The molecule has 3 aromatic rings. The molecule has 0 bridgehead atoms. The largest absolute Gasteiger partial charge is 0.512 e. The van der Waals surface area contributed by atoms with Crippen LogP contribution in [0.1, 0.15) is 0 Å². The topological polar surface area (TPSA) is 71.6 Å². The molecule has 0 radical (unpaired) electrons. The van der Waals surface area contributed by atoms with E-state index in [2.05, 4.69) is 9.72 Å². The number of para-hydroxylation sites is 1. The predicted octanol–water partition coefficient (Wildman–Crippen LogP) is 4.53. The number of rotatable bonds is 4. The molecular formula is C17H13NO4. The maximum atomic E-state index is 10.5.